The number of ketones is 2. The van der Waals surface area contributed by atoms with Gasteiger partial charge in [0.1, 0.15) is 12.2 Å². The van der Waals surface area contributed by atoms with Gasteiger partial charge in [0.25, 0.3) is 20.2 Å². The summed E-state index contributed by atoms with van der Waals surface area (Å²) in [6, 6.07) is 0. The van der Waals surface area contributed by atoms with Crippen molar-refractivity contribution in [1.29, 1.82) is 0 Å². The first-order valence-electron chi connectivity index (χ1n) is 15.0. The van der Waals surface area contributed by atoms with Gasteiger partial charge >= 0.3 is 11.9 Å². The number of halogens is 1. The molecule has 0 heterocycles. The van der Waals surface area contributed by atoms with Crippen LogP contribution in [-0.4, -0.2) is 94.1 Å². The highest BCUT2D eigenvalue weighted by molar-refractivity contribution is 7.86. The summed E-state index contributed by atoms with van der Waals surface area (Å²) < 4.78 is 90.8. The minimum atomic E-state index is -4.49. The zero-order chi connectivity index (χ0) is 34.8. The van der Waals surface area contributed by atoms with Crippen LogP contribution in [0.5, 0.6) is 0 Å². The Balaban J connectivity index is 2.03. The van der Waals surface area contributed by atoms with Crippen LogP contribution < -0.4 is 0 Å². The fourth-order valence-corrected chi connectivity index (χ4v) is 9.80. The molecule has 0 saturated heterocycles. The number of carbonyl (C=O) groups excluding carboxylic acids is 4. The predicted molar refractivity (Wildman–Crippen MR) is 158 cm³/mol. The Morgan fingerprint density at radius 3 is 2.15 bits per heavy atom. The van der Waals surface area contributed by atoms with E-state index in [9.17, 15) is 41.1 Å². The van der Waals surface area contributed by atoms with Gasteiger partial charge in [-0.05, 0) is 43.4 Å². The molecule has 4 rings (SSSR count). The van der Waals surface area contributed by atoms with E-state index in [1.54, 1.807) is 6.92 Å². The number of hydrogen-bond acceptors (Lipinski definition) is 13. The van der Waals surface area contributed by atoms with Gasteiger partial charge in [-0.3, -0.25) is 27.5 Å². The lowest BCUT2D eigenvalue weighted by atomic mass is 9.43. The van der Waals surface area contributed by atoms with E-state index >= 15 is 4.39 Å². The number of fused-ring (bicyclic) bond motifs is 5. The van der Waals surface area contributed by atoms with Crippen molar-refractivity contribution in [3.8, 4) is 0 Å². The summed E-state index contributed by atoms with van der Waals surface area (Å²) in [5, 5.41) is 11.9. The summed E-state index contributed by atoms with van der Waals surface area (Å²) in [6.07, 6.45) is -2.04. The van der Waals surface area contributed by atoms with Crippen LogP contribution in [0.15, 0.2) is 23.8 Å². The number of aliphatic hydroxyl groups excluding tert-OH is 1. The van der Waals surface area contributed by atoms with E-state index in [1.165, 1.54) is 33.8 Å². The SMILES string of the molecule is CCC(=O)OCC(=O)[C@]1(OC(=O)CC)[C@@H](C)C[C@H]2[C@@H]3[C@@H](OS(C)(=O)=O)[C@@H](OS(C)(=O)=O)C4=CC(=O)C=C[C@]4(C)[C@@]3(F)[C@@H](O)C[C@@]21C. The Kier molecular flexibility index (Phi) is 9.36. The molecule has 3 fully saturated rings. The molecule has 0 unspecified atom stereocenters. The van der Waals surface area contributed by atoms with E-state index in [0.717, 1.165) is 12.2 Å². The number of allylic oxidation sites excluding steroid dienone is 3. The minimum absolute atomic E-state index is 0.0493. The van der Waals surface area contributed by atoms with Crippen molar-refractivity contribution in [2.24, 2.45) is 28.6 Å². The molecule has 0 radical (unpaired) electrons. The van der Waals surface area contributed by atoms with Crippen LogP contribution in [0.2, 0.25) is 0 Å². The molecule has 4 aliphatic carbocycles. The highest BCUT2D eigenvalue weighted by atomic mass is 32.2. The average molecular weight is 693 g/mol. The second kappa shape index (κ2) is 11.9. The standard InChI is InChI=1S/C30H41FO13S2/c1-8-22(35)41-15-21(34)30(42-23(36)9-2)16(3)12-18-24-26(44-46(7,39)40)25(43-45(6,37)38)19-13-17(32)10-11-27(19,4)29(24,31)20(33)14-28(18,30)5/h10-11,13,16,18,20,24-26,33H,8-9,12,14-15H2,1-7H3/t16-,18-,20-,24+,25-,26+,27-,28-,29+,30+/m0/s1. The number of rotatable bonds is 10. The van der Waals surface area contributed by atoms with Crippen LogP contribution in [0.25, 0.3) is 0 Å². The van der Waals surface area contributed by atoms with Crippen molar-refractivity contribution in [2.75, 3.05) is 19.1 Å². The predicted octanol–water partition coefficient (Wildman–Crippen LogP) is 1.73. The van der Waals surface area contributed by atoms with Crippen LogP contribution in [0, 0.1) is 28.6 Å². The van der Waals surface area contributed by atoms with E-state index in [1.807, 2.05) is 0 Å². The molecule has 0 spiro atoms. The lowest BCUT2D eigenvalue weighted by Crippen LogP contribution is -2.75. The summed E-state index contributed by atoms with van der Waals surface area (Å²) in [5.74, 6) is -6.69. The lowest BCUT2D eigenvalue weighted by Gasteiger charge is -2.65. The minimum Gasteiger partial charge on any atom is -0.457 e. The van der Waals surface area contributed by atoms with E-state index in [-0.39, 0.29) is 24.8 Å². The van der Waals surface area contributed by atoms with Crippen molar-refractivity contribution in [3.63, 3.8) is 0 Å². The van der Waals surface area contributed by atoms with E-state index < -0.39 is 115 Å². The number of esters is 2. The van der Waals surface area contributed by atoms with Gasteiger partial charge in [0, 0.05) is 35.5 Å². The normalized spacial score (nSPS) is 40.3. The Morgan fingerprint density at radius 1 is 1.02 bits per heavy atom. The molecule has 13 nitrogen and oxygen atoms in total. The zero-order valence-electron chi connectivity index (χ0n) is 26.8. The molecular weight excluding hydrogens is 651 g/mol. The van der Waals surface area contributed by atoms with Crippen molar-refractivity contribution in [1.82, 2.24) is 0 Å². The molecule has 1 N–H and O–H groups in total. The van der Waals surface area contributed by atoms with Gasteiger partial charge in [0.05, 0.1) is 18.6 Å². The number of ether oxygens (including phenoxy) is 2. The number of aliphatic hydroxyl groups is 1. The first-order chi connectivity index (χ1) is 21.0. The first-order valence-corrected chi connectivity index (χ1v) is 18.6. The number of carbonyl (C=O) groups is 4. The molecule has 16 heteroatoms. The Labute approximate surface area is 268 Å². The van der Waals surface area contributed by atoms with Crippen molar-refractivity contribution in [3.05, 3.63) is 23.8 Å². The average Bonchev–Trinajstić information content (AvgIpc) is 3.15. The highest BCUT2D eigenvalue weighted by Gasteiger charge is 2.80. The van der Waals surface area contributed by atoms with Crippen LogP contribution in [0.1, 0.15) is 60.3 Å². The van der Waals surface area contributed by atoms with Crippen LogP contribution in [-0.2, 0) is 57.3 Å². The number of hydrogen-bond donors (Lipinski definition) is 1. The van der Waals surface area contributed by atoms with Crippen molar-refractivity contribution in [2.45, 2.75) is 89.9 Å². The highest BCUT2D eigenvalue weighted by Crippen LogP contribution is 2.72. The molecule has 46 heavy (non-hydrogen) atoms. The maximum Gasteiger partial charge on any atom is 0.306 e. The van der Waals surface area contributed by atoms with Crippen molar-refractivity contribution >= 4 is 43.7 Å². The summed E-state index contributed by atoms with van der Waals surface area (Å²) >= 11 is 0. The Bertz CT molecular complexity index is 1600. The smallest absolute Gasteiger partial charge is 0.306 e. The third kappa shape index (κ3) is 5.57. The van der Waals surface area contributed by atoms with Crippen LogP contribution >= 0.6 is 0 Å². The van der Waals surface area contributed by atoms with E-state index in [0.29, 0.717) is 12.5 Å². The van der Waals surface area contributed by atoms with Gasteiger partial charge in [-0.2, -0.15) is 16.8 Å². The lowest BCUT2D eigenvalue weighted by molar-refractivity contribution is -0.250. The van der Waals surface area contributed by atoms with E-state index in [4.69, 9.17) is 17.8 Å². The summed E-state index contributed by atoms with van der Waals surface area (Å²) in [4.78, 5) is 51.6. The molecule has 4 aliphatic rings. The maximum atomic E-state index is 18.3. The quantitative estimate of drug-likeness (QED) is 0.257. The van der Waals surface area contributed by atoms with Gasteiger partial charge in [0.2, 0.25) is 5.78 Å². The van der Waals surface area contributed by atoms with Gasteiger partial charge in [-0.15, -0.1) is 0 Å². The van der Waals surface area contributed by atoms with Gasteiger partial charge in [0.15, 0.2) is 23.7 Å². The molecular formula is C30H41FO13S2. The molecule has 258 valence electrons. The van der Waals surface area contributed by atoms with Crippen molar-refractivity contribution < 1.29 is 63.4 Å². The molecule has 0 aromatic carbocycles. The molecule has 0 aromatic heterocycles. The molecule has 10 atom stereocenters. The van der Waals surface area contributed by atoms with Crippen LogP contribution in [0.3, 0.4) is 0 Å². The van der Waals surface area contributed by atoms with E-state index in [2.05, 4.69) is 0 Å². The van der Waals surface area contributed by atoms with Gasteiger partial charge in [-0.25, -0.2) is 4.39 Å². The molecule has 0 amide bonds. The molecule has 0 bridgehead atoms. The summed E-state index contributed by atoms with van der Waals surface area (Å²) in [5.41, 5.74) is -8.71. The second-order valence-electron chi connectivity index (χ2n) is 13.2. The number of alkyl halides is 1. The molecule has 0 aromatic rings. The third-order valence-corrected chi connectivity index (χ3v) is 11.5. The zero-order valence-corrected chi connectivity index (χ0v) is 28.4. The van der Waals surface area contributed by atoms with Crippen LogP contribution in [0.4, 0.5) is 4.39 Å². The fraction of sp³-hybridized carbons (Fsp3) is 0.733. The van der Waals surface area contributed by atoms with Gasteiger partial charge < -0.3 is 14.6 Å². The second-order valence-corrected chi connectivity index (χ2v) is 16.4. The topological polar surface area (TPSA) is 194 Å². The molecule has 0 aliphatic heterocycles. The molecule has 3 saturated carbocycles. The van der Waals surface area contributed by atoms with Gasteiger partial charge in [-0.1, -0.05) is 33.8 Å². The first kappa shape index (κ1) is 36.3. The number of Topliss-reactive ketones (excluding diaryl/α,β-unsaturated/α-hetero) is 1. The Morgan fingerprint density at radius 2 is 1.61 bits per heavy atom. The largest absolute Gasteiger partial charge is 0.457 e. The third-order valence-electron chi connectivity index (χ3n) is 10.4. The summed E-state index contributed by atoms with van der Waals surface area (Å²) in [7, 11) is -8.90. The maximum absolute atomic E-state index is 18.3. The Hall–Kier alpha value is -2.53. The fourth-order valence-electron chi connectivity index (χ4n) is 8.59. The summed E-state index contributed by atoms with van der Waals surface area (Å²) in [6.45, 7) is 6.64. The monoisotopic (exact) mass is 692 g/mol.